The molecule has 0 aliphatic carbocycles. The van der Waals surface area contributed by atoms with E-state index < -0.39 is 0 Å². The first-order valence-corrected chi connectivity index (χ1v) is 11.7. The topological polar surface area (TPSA) is 74.0 Å². The number of piperidine rings is 1. The van der Waals surface area contributed by atoms with E-state index in [4.69, 9.17) is 16.9 Å². The van der Waals surface area contributed by atoms with Crippen LogP contribution in [0.2, 0.25) is 5.02 Å². The van der Waals surface area contributed by atoms with Gasteiger partial charge in [-0.25, -0.2) is 4.98 Å². The molecule has 1 aliphatic heterocycles. The molecule has 2 aromatic carbocycles. The van der Waals surface area contributed by atoms with Crippen LogP contribution < -0.4 is 5.32 Å². The molecule has 1 fully saturated rings. The molecular weight excluding hydrogens is 434 g/mol. The number of likely N-dealkylation sites (tertiary alicyclic amines) is 1. The van der Waals surface area contributed by atoms with Gasteiger partial charge in [0.25, 0.3) is 0 Å². The Balaban J connectivity index is 1.31. The number of aromatic nitrogens is 2. The molecule has 0 spiro atoms. The lowest BCUT2D eigenvalue weighted by Gasteiger charge is -2.34. The van der Waals surface area contributed by atoms with Gasteiger partial charge in [0.1, 0.15) is 0 Å². The summed E-state index contributed by atoms with van der Waals surface area (Å²) in [6, 6.07) is 17.5. The SMILES string of the molecule is N#Cc1ccc(Cn2cncc2CCNC(=O)[C@@H]2CCCCN2Cc2cccc(Cl)c2)cc1. The van der Waals surface area contributed by atoms with Crippen molar-refractivity contribution in [1.29, 1.82) is 5.26 Å². The summed E-state index contributed by atoms with van der Waals surface area (Å²) in [6.07, 6.45) is 7.43. The van der Waals surface area contributed by atoms with Gasteiger partial charge in [0.2, 0.25) is 5.91 Å². The Hall–Kier alpha value is -3.14. The zero-order chi connectivity index (χ0) is 23.0. The van der Waals surface area contributed by atoms with E-state index in [0.29, 0.717) is 25.1 Å². The number of benzene rings is 2. The summed E-state index contributed by atoms with van der Waals surface area (Å²) in [6.45, 7) is 2.91. The number of hydrogen-bond acceptors (Lipinski definition) is 4. The summed E-state index contributed by atoms with van der Waals surface area (Å²) in [4.78, 5) is 19.6. The molecule has 4 rings (SSSR count). The number of imidazole rings is 1. The molecule has 1 atom stereocenters. The molecule has 0 unspecified atom stereocenters. The standard InChI is InChI=1S/C26H28ClN5O/c27-23-5-3-4-22(14-23)18-31-13-2-1-6-25(31)26(33)30-12-11-24-16-29-19-32(24)17-21-9-7-20(15-28)8-10-21/h3-5,7-10,14,16,19,25H,1-2,6,11-13,17-18H2,(H,30,33)/t25-/m0/s1. The van der Waals surface area contributed by atoms with Gasteiger partial charge in [0.15, 0.2) is 0 Å². The number of hydrogen-bond donors (Lipinski definition) is 1. The Morgan fingerprint density at radius 1 is 1.15 bits per heavy atom. The molecule has 7 heteroatoms. The minimum Gasteiger partial charge on any atom is -0.354 e. The van der Waals surface area contributed by atoms with E-state index in [1.54, 1.807) is 0 Å². The second kappa shape index (κ2) is 11.1. The van der Waals surface area contributed by atoms with Crippen LogP contribution in [0.1, 0.15) is 41.6 Å². The molecule has 1 aromatic heterocycles. The van der Waals surface area contributed by atoms with Crippen LogP contribution in [0, 0.1) is 11.3 Å². The molecule has 0 saturated carbocycles. The molecule has 33 heavy (non-hydrogen) atoms. The Labute approximate surface area is 199 Å². The number of rotatable bonds is 8. The van der Waals surface area contributed by atoms with Crippen molar-refractivity contribution in [3.63, 3.8) is 0 Å². The van der Waals surface area contributed by atoms with Crippen molar-refractivity contribution < 1.29 is 4.79 Å². The third kappa shape index (κ3) is 6.22. The van der Waals surface area contributed by atoms with Gasteiger partial charge in [-0.05, 0) is 54.8 Å². The van der Waals surface area contributed by atoms with Crippen LogP contribution in [0.15, 0.2) is 61.1 Å². The van der Waals surface area contributed by atoms with Gasteiger partial charge < -0.3 is 9.88 Å². The highest BCUT2D eigenvalue weighted by Crippen LogP contribution is 2.21. The fourth-order valence-corrected chi connectivity index (χ4v) is 4.57. The van der Waals surface area contributed by atoms with Crippen molar-refractivity contribution in [3.05, 3.63) is 88.5 Å². The predicted octanol–water partition coefficient (Wildman–Crippen LogP) is 4.17. The summed E-state index contributed by atoms with van der Waals surface area (Å²) < 4.78 is 2.08. The number of nitrogens with one attached hydrogen (secondary N) is 1. The van der Waals surface area contributed by atoms with Crippen LogP contribution >= 0.6 is 11.6 Å². The first-order valence-electron chi connectivity index (χ1n) is 11.4. The van der Waals surface area contributed by atoms with Crippen molar-refractivity contribution in [2.75, 3.05) is 13.1 Å². The quantitative estimate of drug-likeness (QED) is 0.546. The Morgan fingerprint density at radius 2 is 2.00 bits per heavy atom. The number of carbonyl (C=O) groups is 1. The highest BCUT2D eigenvalue weighted by molar-refractivity contribution is 6.30. The smallest absolute Gasteiger partial charge is 0.237 e. The Kier molecular flexibility index (Phi) is 7.77. The molecule has 6 nitrogen and oxygen atoms in total. The van der Waals surface area contributed by atoms with Crippen molar-refractivity contribution in [1.82, 2.24) is 19.8 Å². The summed E-state index contributed by atoms with van der Waals surface area (Å²) in [5.74, 6) is 0.0925. The molecule has 1 saturated heterocycles. The first-order chi connectivity index (χ1) is 16.1. The van der Waals surface area contributed by atoms with Gasteiger partial charge >= 0.3 is 0 Å². The minimum atomic E-state index is -0.110. The van der Waals surface area contributed by atoms with E-state index in [9.17, 15) is 4.79 Å². The van der Waals surface area contributed by atoms with Gasteiger partial charge in [-0.15, -0.1) is 0 Å². The van der Waals surface area contributed by atoms with E-state index >= 15 is 0 Å². The Morgan fingerprint density at radius 3 is 2.79 bits per heavy atom. The van der Waals surface area contributed by atoms with Gasteiger partial charge in [-0.3, -0.25) is 9.69 Å². The fraction of sp³-hybridized carbons (Fsp3) is 0.346. The summed E-state index contributed by atoms with van der Waals surface area (Å²) in [5.41, 5.74) is 3.96. The highest BCUT2D eigenvalue weighted by atomic mass is 35.5. The molecule has 170 valence electrons. The third-order valence-electron chi connectivity index (χ3n) is 6.11. The van der Waals surface area contributed by atoms with Crippen molar-refractivity contribution in [2.45, 2.75) is 44.8 Å². The monoisotopic (exact) mass is 461 g/mol. The first kappa shape index (κ1) is 23.0. The molecule has 1 N–H and O–H groups in total. The highest BCUT2D eigenvalue weighted by Gasteiger charge is 2.28. The van der Waals surface area contributed by atoms with Gasteiger partial charge in [-0.2, -0.15) is 5.26 Å². The molecule has 3 aromatic rings. The molecule has 1 aliphatic rings. The predicted molar refractivity (Wildman–Crippen MR) is 129 cm³/mol. The number of nitriles is 1. The lowest BCUT2D eigenvalue weighted by Crippen LogP contribution is -2.49. The van der Waals surface area contributed by atoms with Crippen molar-refractivity contribution >= 4 is 17.5 Å². The van der Waals surface area contributed by atoms with Crippen LogP contribution in [0.5, 0.6) is 0 Å². The maximum Gasteiger partial charge on any atom is 0.237 e. The van der Waals surface area contributed by atoms with Crippen LogP contribution in [-0.2, 0) is 24.3 Å². The van der Waals surface area contributed by atoms with Crippen molar-refractivity contribution in [3.8, 4) is 6.07 Å². The lowest BCUT2D eigenvalue weighted by atomic mass is 10.0. The lowest BCUT2D eigenvalue weighted by molar-refractivity contribution is -0.127. The van der Waals surface area contributed by atoms with E-state index in [1.165, 1.54) is 0 Å². The van der Waals surface area contributed by atoms with E-state index in [0.717, 1.165) is 54.2 Å². The van der Waals surface area contributed by atoms with Crippen molar-refractivity contribution in [2.24, 2.45) is 0 Å². The zero-order valence-corrected chi connectivity index (χ0v) is 19.3. The van der Waals surface area contributed by atoms with E-state index in [-0.39, 0.29) is 11.9 Å². The molecule has 0 radical (unpaired) electrons. The summed E-state index contributed by atoms with van der Waals surface area (Å²) in [5, 5.41) is 12.8. The number of amides is 1. The molecule has 2 heterocycles. The third-order valence-corrected chi connectivity index (χ3v) is 6.34. The second-order valence-corrected chi connectivity index (χ2v) is 8.91. The van der Waals surface area contributed by atoms with Gasteiger partial charge in [0, 0.05) is 43.0 Å². The summed E-state index contributed by atoms with van der Waals surface area (Å²) in [7, 11) is 0. The largest absolute Gasteiger partial charge is 0.354 e. The van der Waals surface area contributed by atoms with E-state index in [2.05, 4.69) is 31.9 Å². The average Bonchev–Trinajstić information content (AvgIpc) is 3.26. The fourth-order valence-electron chi connectivity index (χ4n) is 4.36. The van der Waals surface area contributed by atoms with Crippen LogP contribution in [0.25, 0.3) is 0 Å². The van der Waals surface area contributed by atoms with Crippen LogP contribution in [0.3, 0.4) is 0 Å². The van der Waals surface area contributed by atoms with Crippen LogP contribution in [-0.4, -0.2) is 39.5 Å². The average molecular weight is 462 g/mol. The van der Waals surface area contributed by atoms with E-state index in [1.807, 2.05) is 55.0 Å². The Bertz CT molecular complexity index is 1120. The number of carbonyl (C=O) groups excluding carboxylic acids is 1. The molecular formula is C26H28ClN5O. The minimum absolute atomic E-state index is 0.0925. The second-order valence-electron chi connectivity index (χ2n) is 8.47. The number of halogens is 1. The number of nitrogens with zero attached hydrogens (tertiary/aromatic N) is 4. The molecule has 1 amide bonds. The van der Waals surface area contributed by atoms with Gasteiger partial charge in [0.05, 0.1) is 24.0 Å². The zero-order valence-electron chi connectivity index (χ0n) is 18.6. The maximum atomic E-state index is 13.0. The maximum absolute atomic E-state index is 13.0. The molecule has 0 bridgehead atoms. The summed E-state index contributed by atoms with van der Waals surface area (Å²) >= 11 is 6.14. The normalized spacial score (nSPS) is 16.3. The van der Waals surface area contributed by atoms with Crippen LogP contribution in [0.4, 0.5) is 0 Å². The van der Waals surface area contributed by atoms with Gasteiger partial charge in [-0.1, -0.05) is 42.3 Å².